The second kappa shape index (κ2) is 15.6. The van der Waals surface area contributed by atoms with Crippen LogP contribution >= 0.6 is 0 Å². The molecule has 0 saturated carbocycles. The van der Waals surface area contributed by atoms with E-state index in [1.807, 2.05) is 18.2 Å². The van der Waals surface area contributed by atoms with Crippen molar-refractivity contribution < 1.29 is 28.6 Å². The van der Waals surface area contributed by atoms with Crippen molar-refractivity contribution in [1.82, 2.24) is 0 Å². The highest BCUT2D eigenvalue weighted by atomic mass is 16.5. The van der Waals surface area contributed by atoms with Gasteiger partial charge in [-0.15, -0.1) is 0 Å². The molecule has 0 aromatic heterocycles. The molecule has 0 spiro atoms. The number of unbranched alkanes of at least 4 members (excludes halogenated alkanes) is 3. The maximum atomic E-state index is 12.6. The number of rotatable bonds is 14. The molecule has 0 aliphatic rings. The third-order valence-corrected chi connectivity index (χ3v) is 6.42. The summed E-state index contributed by atoms with van der Waals surface area (Å²) in [6, 6.07) is 27.4. The predicted molar refractivity (Wildman–Crippen MR) is 167 cm³/mol. The van der Waals surface area contributed by atoms with E-state index in [4.69, 9.17) is 25.7 Å². The lowest BCUT2D eigenvalue weighted by Crippen LogP contribution is -2.08. The number of nitrogen functional groups attached to an aromatic ring is 2. The van der Waals surface area contributed by atoms with Crippen LogP contribution in [0.15, 0.2) is 103 Å². The van der Waals surface area contributed by atoms with E-state index < -0.39 is 11.9 Å². The van der Waals surface area contributed by atoms with Gasteiger partial charge in [-0.2, -0.15) is 0 Å². The molecular formula is C35H34N2O6. The van der Waals surface area contributed by atoms with Crippen molar-refractivity contribution in [3.63, 3.8) is 0 Å². The quantitative estimate of drug-likeness (QED) is 0.0419. The van der Waals surface area contributed by atoms with Crippen molar-refractivity contribution in [3.8, 4) is 11.5 Å². The van der Waals surface area contributed by atoms with E-state index in [1.54, 1.807) is 84.9 Å². The molecule has 0 saturated heterocycles. The van der Waals surface area contributed by atoms with E-state index in [0.717, 1.165) is 31.2 Å². The molecule has 0 atom stereocenters. The molecule has 4 N–H and O–H groups in total. The van der Waals surface area contributed by atoms with Crippen LogP contribution in [0.3, 0.4) is 0 Å². The maximum Gasteiger partial charge on any atom is 0.343 e. The molecule has 0 heterocycles. The van der Waals surface area contributed by atoms with Crippen LogP contribution in [0.4, 0.5) is 11.4 Å². The second-order valence-electron chi connectivity index (χ2n) is 9.83. The Morgan fingerprint density at radius 3 is 1.91 bits per heavy atom. The van der Waals surface area contributed by atoms with Crippen molar-refractivity contribution in [1.29, 1.82) is 0 Å². The Bertz CT molecular complexity index is 1530. The first kappa shape index (κ1) is 30.6. The summed E-state index contributed by atoms with van der Waals surface area (Å²) in [5.41, 5.74) is 14.5. The molecular weight excluding hydrogens is 544 g/mol. The predicted octanol–water partition coefficient (Wildman–Crippen LogP) is 6.76. The van der Waals surface area contributed by atoms with Gasteiger partial charge in [0.25, 0.3) is 0 Å². The molecule has 4 aromatic rings. The first-order valence-electron chi connectivity index (χ1n) is 14.0. The van der Waals surface area contributed by atoms with Crippen LogP contribution < -0.4 is 20.9 Å². The largest absolute Gasteiger partial charge is 0.494 e. The summed E-state index contributed by atoms with van der Waals surface area (Å²) in [4.78, 5) is 36.9. The van der Waals surface area contributed by atoms with Gasteiger partial charge in [0.15, 0.2) is 5.78 Å². The van der Waals surface area contributed by atoms with Gasteiger partial charge in [-0.3, -0.25) is 4.79 Å². The number of carbonyl (C=O) groups is 3. The normalized spacial score (nSPS) is 10.8. The minimum atomic E-state index is -0.478. The Morgan fingerprint density at radius 1 is 0.605 bits per heavy atom. The molecule has 4 rings (SSSR count). The van der Waals surface area contributed by atoms with Crippen LogP contribution in [0.1, 0.15) is 62.3 Å². The van der Waals surface area contributed by atoms with E-state index >= 15 is 0 Å². The highest BCUT2D eigenvalue weighted by Gasteiger charge is 2.10. The monoisotopic (exact) mass is 578 g/mol. The lowest BCUT2D eigenvalue weighted by Gasteiger charge is -2.08. The van der Waals surface area contributed by atoms with Gasteiger partial charge in [0.1, 0.15) is 11.5 Å². The zero-order valence-corrected chi connectivity index (χ0v) is 23.7. The molecule has 8 heteroatoms. The van der Waals surface area contributed by atoms with Crippen LogP contribution in [0.2, 0.25) is 0 Å². The number of hydrogen-bond donors (Lipinski definition) is 2. The second-order valence-corrected chi connectivity index (χ2v) is 9.83. The van der Waals surface area contributed by atoms with Gasteiger partial charge in [-0.25, -0.2) is 9.59 Å². The molecule has 4 aromatic carbocycles. The Labute approximate surface area is 250 Å². The van der Waals surface area contributed by atoms with Gasteiger partial charge in [0, 0.05) is 16.9 Å². The van der Waals surface area contributed by atoms with Crippen molar-refractivity contribution in [2.75, 3.05) is 24.7 Å². The van der Waals surface area contributed by atoms with Crippen molar-refractivity contribution in [2.45, 2.75) is 25.7 Å². The molecule has 8 nitrogen and oxygen atoms in total. The summed E-state index contributed by atoms with van der Waals surface area (Å²) >= 11 is 0. The molecule has 43 heavy (non-hydrogen) atoms. The summed E-state index contributed by atoms with van der Waals surface area (Å²) in [5.74, 6) is 0.0678. The highest BCUT2D eigenvalue weighted by molar-refractivity contribution is 6.06. The summed E-state index contributed by atoms with van der Waals surface area (Å²) in [7, 11) is 0. The van der Waals surface area contributed by atoms with Crippen LogP contribution in [0, 0.1) is 0 Å². The Hall–Kier alpha value is -5.37. The van der Waals surface area contributed by atoms with Crippen LogP contribution in [0.25, 0.3) is 6.08 Å². The van der Waals surface area contributed by atoms with Crippen molar-refractivity contribution >= 4 is 35.2 Å². The molecule has 0 unspecified atom stereocenters. The maximum absolute atomic E-state index is 12.6. The number of ether oxygens (including phenoxy) is 3. The summed E-state index contributed by atoms with van der Waals surface area (Å²) < 4.78 is 16.5. The van der Waals surface area contributed by atoms with Gasteiger partial charge in [-0.05, 0) is 91.9 Å². The van der Waals surface area contributed by atoms with Gasteiger partial charge in [-0.1, -0.05) is 48.5 Å². The van der Waals surface area contributed by atoms with E-state index in [1.165, 1.54) is 6.08 Å². The molecule has 0 aliphatic carbocycles. The Balaban J connectivity index is 1.11. The number of allylic oxidation sites excluding steroid dienone is 1. The van der Waals surface area contributed by atoms with Gasteiger partial charge in [0.05, 0.1) is 24.3 Å². The average Bonchev–Trinajstić information content (AvgIpc) is 3.02. The fourth-order valence-corrected chi connectivity index (χ4v) is 4.16. The lowest BCUT2D eigenvalue weighted by atomic mass is 10.1. The summed E-state index contributed by atoms with van der Waals surface area (Å²) in [6.07, 6.45) is 6.64. The number of anilines is 2. The topological polar surface area (TPSA) is 131 Å². The van der Waals surface area contributed by atoms with Crippen molar-refractivity contribution in [2.24, 2.45) is 0 Å². The Morgan fingerprint density at radius 2 is 1.23 bits per heavy atom. The number of esters is 2. The average molecular weight is 579 g/mol. The molecule has 0 bridgehead atoms. The number of hydrogen-bond acceptors (Lipinski definition) is 8. The van der Waals surface area contributed by atoms with Crippen LogP contribution in [-0.4, -0.2) is 30.9 Å². The number of benzene rings is 4. The zero-order chi connectivity index (χ0) is 30.4. The van der Waals surface area contributed by atoms with Crippen LogP contribution in [-0.2, 0) is 4.74 Å². The third-order valence-electron chi connectivity index (χ3n) is 6.42. The van der Waals surface area contributed by atoms with Crippen LogP contribution in [0.5, 0.6) is 11.5 Å². The van der Waals surface area contributed by atoms with E-state index in [-0.39, 0.29) is 5.78 Å². The smallest absolute Gasteiger partial charge is 0.343 e. The number of carbonyl (C=O) groups excluding carboxylic acids is 3. The summed E-state index contributed by atoms with van der Waals surface area (Å²) in [6.45, 7) is 0.854. The standard InChI is InChI=1S/C35H34N2O6/c36-29-22-28(23-30(37)24-29)34(39)42-21-7-2-1-6-20-41-31-17-13-27(14-18-31)35(40)43-32-15-10-25(11-16-32)12-19-33(38)26-8-4-3-5-9-26/h3-5,8-19,22-24H,1-2,6-7,20-21,36-37H2. The van der Waals surface area contributed by atoms with Gasteiger partial charge in [0.2, 0.25) is 0 Å². The highest BCUT2D eigenvalue weighted by Crippen LogP contribution is 2.18. The van der Waals surface area contributed by atoms with Gasteiger partial charge >= 0.3 is 11.9 Å². The van der Waals surface area contributed by atoms with Crippen molar-refractivity contribution in [3.05, 3.63) is 125 Å². The zero-order valence-electron chi connectivity index (χ0n) is 23.7. The van der Waals surface area contributed by atoms with Gasteiger partial charge < -0.3 is 25.7 Å². The molecule has 0 amide bonds. The van der Waals surface area contributed by atoms with E-state index in [2.05, 4.69) is 0 Å². The van der Waals surface area contributed by atoms with E-state index in [9.17, 15) is 14.4 Å². The first-order chi connectivity index (χ1) is 20.9. The van der Waals surface area contributed by atoms with E-state index in [0.29, 0.717) is 52.8 Å². The molecule has 0 aliphatic heterocycles. The molecule has 220 valence electrons. The Kier molecular flexibility index (Phi) is 11.1. The third kappa shape index (κ3) is 9.89. The number of ketones is 1. The SMILES string of the molecule is Nc1cc(N)cc(C(=O)OCCCCCCOc2ccc(C(=O)Oc3ccc(C=CC(=O)c4ccccc4)cc3)cc2)c1. The molecule has 0 radical (unpaired) electrons. The number of nitrogens with two attached hydrogens (primary N) is 2. The lowest BCUT2D eigenvalue weighted by molar-refractivity contribution is 0.0497. The minimum Gasteiger partial charge on any atom is -0.494 e. The minimum absolute atomic E-state index is 0.0822. The fraction of sp³-hybridized carbons (Fsp3) is 0.171. The molecule has 0 fully saturated rings. The summed E-state index contributed by atoms with van der Waals surface area (Å²) in [5, 5.41) is 0. The fourth-order valence-electron chi connectivity index (χ4n) is 4.16. The first-order valence-corrected chi connectivity index (χ1v) is 14.0.